The molecule has 1 N–H and O–H groups in total. The molecule has 5 heteroatoms. The number of rotatable bonds is 2. The molecule has 0 amide bonds. The molecule has 1 aromatic rings. The van der Waals surface area contributed by atoms with E-state index in [1.165, 1.54) is 6.92 Å². The van der Waals surface area contributed by atoms with Crippen LogP contribution in [0.3, 0.4) is 0 Å². The van der Waals surface area contributed by atoms with Gasteiger partial charge in [-0.1, -0.05) is 24.6 Å². The van der Waals surface area contributed by atoms with Crippen LogP contribution in [0.5, 0.6) is 0 Å². The van der Waals surface area contributed by atoms with Crippen LogP contribution in [0.2, 0.25) is 0 Å². The maximum atomic E-state index is 13.5. The maximum Gasteiger partial charge on any atom is 0.277 e. The molecule has 0 bridgehead atoms. The highest BCUT2D eigenvalue weighted by Crippen LogP contribution is 2.43. The summed E-state index contributed by atoms with van der Waals surface area (Å²) in [5, 5.41) is 8.74. The van der Waals surface area contributed by atoms with Gasteiger partial charge in [0.2, 0.25) is 0 Å². The molecule has 4 atom stereocenters. The first-order valence-corrected chi connectivity index (χ1v) is 7.08. The zero-order valence-corrected chi connectivity index (χ0v) is 11.1. The van der Waals surface area contributed by atoms with E-state index in [-0.39, 0.29) is 6.42 Å². The summed E-state index contributed by atoms with van der Waals surface area (Å²) in [7, 11) is -1.59. The van der Waals surface area contributed by atoms with Gasteiger partial charge in [0.05, 0.1) is 16.0 Å². The van der Waals surface area contributed by atoms with Crippen LogP contribution in [-0.4, -0.2) is 26.6 Å². The number of benzene rings is 1. The van der Waals surface area contributed by atoms with Crippen molar-refractivity contribution in [3.8, 4) is 0 Å². The number of hydrogen-bond donors (Lipinski definition) is 1. The summed E-state index contributed by atoms with van der Waals surface area (Å²) in [6, 6.07) is 6.91. The second-order valence-corrected chi connectivity index (χ2v) is 6.58. The molecule has 1 aromatic carbocycles. The summed E-state index contributed by atoms with van der Waals surface area (Å²) in [6.07, 6.45) is -1.75. The van der Waals surface area contributed by atoms with Gasteiger partial charge >= 0.3 is 0 Å². The Bertz CT molecular complexity index is 459. The van der Waals surface area contributed by atoms with E-state index in [0.29, 0.717) is 4.90 Å². The lowest BCUT2D eigenvalue weighted by Gasteiger charge is -2.20. The third-order valence-corrected chi connectivity index (χ3v) is 5.25. The van der Waals surface area contributed by atoms with Gasteiger partial charge in [-0.2, -0.15) is 0 Å². The molecule has 1 unspecified atom stereocenters. The maximum absolute atomic E-state index is 13.5. The Morgan fingerprint density at radius 3 is 2.33 bits per heavy atom. The Labute approximate surface area is 107 Å². The Morgan fingerprint density at radius 1 is 1.33 bits per heavy atom. The molecule has 1 aliphatic carbocycles. The van der Waals surface area contributed by atoms with Crippen molar-refractivity contribution < 1.29 is 18.1 Å². The highest BCUT2D eigenvalue weighted by Gasteiger charge is 2.56. The number of aliphatic hydroxyl groups excluding tert-OH is 1. The molecular weight excluding hydrogens is 258 g/mol. The summed E-state index contributed by atoms with van der Waals surface area (Å²) >= 11 is 0. The van der Waals surface area contributed by atoms with Gasteiger partial charge in [0.25, 0.3) is 5.92 Å². The SMILES string of the molecule is Cc1ccc(S(=O)[C@@H]2C[C@@H](C)C(F)(F)[C@H]2O)cc1. The predicted octanol–water partition coefficient (Wildman–Crippen LogP) is 2.51. The van der Waals surface area contributed by atoms with E-state index < -0.39 is 34.0 Å². The second kappa shape index (κ2) is 4.70. The Hall–Kier alpha value is -0.810. The van der Waals surface area contributed by atoms with Crippen molar-refractivity contribution in [2.45, 2.75) is 42.4 Å². The van der Waals surface area contributed by atoms with Crippen LogP contribution in [-0.2, 0) is 10.8 Å². The summed E-state index contributed by atoms with van der Waals surface area (Å²) in [5.74, 6) is -4.09. The first kappa shape index (κ1) is 13.6. The minimum atomic E-state index is -3.15. The van der Waals surface area contributed by atoms with E-state index >= 15 is 0 Å². The molecule has 18 heavy (non-hydrogen) atoms. The molecule has 0 aromatic heterocycles. The lowest BCUT2D eigenvalue weighted by molar-refractivity contribution is -0.110. The van der Waals surface area contributed by atoms with E-state index in [4.69, 9.17) is 0 Å². The van der Waals surface area contributed by atoms with Crippen molar-refractivity contribution in [2.24, 2.45) is 5.92 Å². The fourth-order valence-electron chi connectivity index (χ4n) is 2.23. The number of alkyl halides is 2. The predicted molar refractivity (Wildman–Crippen MR) is 66.1 cm³/mol. The molecule has 0 spiro atoms. The number of hydrogen-bond acceptors (Lipinski definition) is 2. The topological polar surface area (TPSA) is 37.3 Å². The minimum Gasteiger partial charge on any atom is -0.386 e. The summed E-state index contributed by atoms with van der Waals surface area (Å²) in [5.41, 5.74) is 1.02. The fraction of sp³-hybridized carbons (Fsp3) is 0.538. The van der Waals surface area contributed by atoms with Gasteiger partial charge in [0.15, 0.2) is 0 Å². The van der Waals surface area contributed by atoms with E-state index in [2.05, 4.69) is 0 Å². The average molecular weight is 274 g/mol. The highest BCUT2D eigenvalue weighted by atomic mass is 32.2. The van der Waals surface area contributed by atoms with Crippen molar-refractivity contribution in [3.05, 3.63) is 29.8 Å². The molecule has 1 aliphatic rings. The summed E-state index contributed by atoms with van der Waals surface area (Å²) < 4.78 is 39.3. The Morgan fingerprint density at radius 2 is 1.89 bits per heavy atom. The van der Waals surface area contributed by atoms with Gasteiger partial charge < -0.3 is 5.11 Å². The van der Waals surface area contributed by atoms with Gasteiger partial charge in [-0.25, -0.2) is 8.78 Å². The van der Waals surface area contributed by atoms with Crippen molar-refractivity contribution in [2.75, 3.05) is 0 Å². The zero-order valence-electron chi connectivity index (χ0n) is 10.3. The quantitative estimate of drug-likeness (QED) is 0.899. The van der Waals surface area contributed by atoms with Gasteiger partial charge in [-0.15, -0.1) is 0 Å². The monoisotopic (exact) mass is 274 g/mol. The third kappa shape index (κ3) is 2.21. The van der Waals surface area contributed by atoms with Crippen molar-refractivity contribution >= 4 is 10.8 Å². The zero-order chi connectivity index (χ0) is 13.5. The average Bonchev–Trinajstić information content (AvgIpc) is 2.53. The molecule has 0 saturated heterocycles. The molecule has 0 aliphatic heterocycles. The highest BCUT2D eigenvalue weighted by molar-refractivity contribution is 7.85. The number of aryl methyl sites for hydroxylation is 1. The van der Waals surface area contributed by atoms with Gasteiger partial charge in [-0.3, -0.25) is 4.21 Å². The van der Waals surface area contributed by atoms with E-state index in [0.717, 1.165) is 5.56 Å². The third-order valence-electron chi connectivity index (χ3n) is 3.52. The molecule has 2 nitrogen and oxygen atoms in total. The standard InChI is InChI=1S/C13H16F2O2S/c1-8-3-5-10(6-4-8)18(17)11-7-9(2)13(14,15)12(11)16/h3-6,9,11-12,16H,7H2,1-2H3/t9-,11-,12+,18?/m1/s1. The molecular formula is C13H16F2O2S. The van der Waals surface area contributed by atoms with Crippen molar-refractivity contribution in [3.63, 3.8) is 0 Å². The lowest BCUT2D eigenvalue weighted by atomic mass is 10.1. The largest absolute Gasteiger partial charge is 0.386 e. The fourth-order valence-corrected chi connectivity index (χ4v) is 3.86. The van der Waals surface area contributed by atoms with Gasteiger partial charge in [0, 0.05) is 10.8 Å². The first-order valence-electron chi connectivity index (χ1n) is 5.87. The second-order valence-electron chi connectivity index (χ2n) is 4.91. The van der Waals surface area contributed by atoms with E-state index in [1.54, 1.807) is 24.3 Å². The van der Waals surface area contributed by atoms with Crippen LogP contribution in [0.1, 0.15) is 18.9 Å². The molecule has 2 rings (SSSR count). The van der Waals surface area contributed by atoms with E-state index in [1.807, 2.05) is 6.92 Å². The van der Waals surface area contributed by atoms with Crippen LogP contribution < -0.4 is 0 Å². The summed E-state index contributed by atoms with van der Waals surface area (Å²) in [6.45, 7) is 3.28. The molecule has 1 fully saturated rings. The Balaban J connectivity index is 2.23. The number of halogens is 2. The lowest BCUT2D eigenvalue weighted by Crippen LogP contribution is -2.38. The van der Waals surface area contributed by atoms with Crippen molar-refractivity contribution in [1.29, 1.82) is 0 Å². The molecule has 100 valence electrons. The van der Waals surface area contributed by atoms with Crippen LogP contribution in [0.15, 0.2) is 29.2 Å². The smallest absolute Gasteiger partial charge is 0.277 e. The Kier molecular flexibility index (Phi) is 3.56. The van der Waals surface area contributed by atoms with Crippen molar-refractivity contribution in [1.82, 2.24) is 0 Å². The van der Waals surface area contributed by atoms with E-state index in [9.17, 15) is 18.1 Å². The van der Waals surface area contributed by atoms with Crippen LogP contribution in [0, 0.1) is 12.8 Å². The molecule has 0 radical (unpaired) electrons. The normalized spacial score (nSPS) is 32.4. The first-order chi connectivity index (χ1) is 8.34. The van der Waals surface area contributed by atoms with Crippen LogP contribution >= 0.6 is 0 Å². The molecule has 1 saturated carbocycles. The van der Waals surface area contributed by atoms with Gasteiger partial charge in [-0.05, 0) is 25.5 Å². The minimum absolute atomic E-state index is 0.0780. The number of aliphatic hydroxyl groups is 1. The van der Waals surface area contributed by atoms with Crippen LogP contribution in [0.25, 0.3) is 0 Å². The van der Waals surface area contributed by atoms with Gasteiger partial charge in [0.1, 0.15) is 6.10 Å². The van der Waals surface area contributed by atoms with Crippen LogP contribution in [0.4, 0.5) is 8.78 Å². The molecule has 0 heterocycles. The summed E-state index contributed by atoms with van der Waals surface area (Å²) in [4.78, 5) is 0.495.